The van der Waals surface area contributed by atoms with E-state index in [1.807, 2.05) is 6.20 Å². The van der Waals surface area contributed by atoms with E-state index in [1.165, 1.54) is 16.5 Å². The average molecular weight is 236 g/mol. The van der Waals surface area contributed by atoms with Gasteiger partial charge in [-0.05, 0) is 17.5 Å². The Labute approximate surface area is 107 Å². The fraction of sp³-hybridized carbons (Fsp3) is 0.188. The first-order valence-corrected chi connectivity index (χ1v) is 6.37. The molecule has 0 radical (unpaired) electrons. The SMILES string of the molecule is CC[C@@H](c1ccccc1)c1cccc2cn[nH]c12. The van der Waals surface area contributed by atoms with Gasteiger partial charge in [-0.25, -0.2) is 0 Å². The van der Waals surface area contributed by atoms with Crippen LogP contribution in [0.3, 0.4) is 0 Å². The molecule has 0 unspecified atom stereocenters. The molecule has 0 aliphatic carbocycles. The molecule has 18 heavy (non-hydrogen) atoms. The predicted octanol–water partition coefficient (Wildman–Crippen LogP) is 4.10. The van der Waals surface area contributed by atoms with Gasteiger partial charge in [-0.1, -0.05) is 55.5 Å². The standard InChI is InChI=1S/C16H16N2/c1-2-14(12-7-4-3-5-8-12)15-10-6-9-13-11-17-18-16(13)15/h3-11,14H,2H2,1H3,(H,17,18)/t14-/m0/s1. The predicted molar refractivity (Wildman–Crippen MR) is 74.7 cm³/mol. The fourth-order valence-corrected chi connectivity index (χ4v) is 2.60. The molecule has 90 valence electrons. The van der Waals surface area contributed by atoms with E-state index < -0.39 is 0 Å². The molecule has 3 aromatic rings. The van der Waals surface area contributed by atoms with E-state index in [1.54, 1.807) is 0 Å². The van der Waals surface area contributed by atoms with Crippen LogP contribution in [0.4, 0.5) is 0 Å². The molecule has 0 aliphatic heterocycles. The number of para-hydroxylation sites is 1. The minimum atomic E-state index is 0.426. The first-order valence-electron chi connectivity index (χ1n) is 6.37. The zero-order valence-corrected chi connectivity index (χ0v) is 10.4. The van der Waals surface area contributed by atoms with Crippen LogP contribution >= 0.6 is 0 Å². The lowest BCUT2D eigenvalue weighted by Crippen LogP contribution is -2.00. The van der Waals surface area contributed by atoms with Crippen LogP contribution in [0.2, 0.25) is 0 Å². The van der Waals surface area contributed by atoms with Gasteiger partial charge in [-0.2, -0.15) is 5.10 Å². The van der Waals surface area contributed by atoms with Crippen LogP contribution < -0.4 is 0 Å². The second-order valence-electron chi connectivity index (χ2n) is 4.55. The highest BCUT2D eigenvalue weighted by Gasteiger charge is 2.15. The maximum Gasteiger partial charge on any atom is 0.0688 e. The van der Waals surface area contributed by atoms with Gasteiger partial charge in [0.15, 0.2) is 0 Å². The molecule has 2 aromatic carbocycles. The van der Waals surface area contributed by atoms with Crippen molar-refractivity contribution >= 4 is 10.9 Å². The Balaban J connectivity index is 2.15. The second-order valence-corrected chi connectivity index (χ2v) is 4.55. The number of nitrogens with one attached hydrogen (secondary N) is 1. The largest absolute Gasteiger partial charge is 0.278 e. The highest BCUT2D eigenvalue weighted by molar-refractivity contribution is 5.82. The van der Waals surface area contributed by atoms with E-state index >= 15 is 0 Å². The minimum absolute atomic E-state index is 0.426. The van der Waals surface area contributed by atoms with Crippen LogP contribution in [0.5, 0.6) is 0 Å². The lowest BCUT2D eigenvalue weighted by Gasteiger charge is -2.16. The summed E-state index contributed by atoms with van der Waals surface area (Å²) in [5.41, 5.74) is 3.86. The van der Waals surface area contributed by atoms with Crippen molar-refractivity contribution in [3.63, 3.8) is 0 Å². The summed E-state index contributed by atoms with van der Waals surface area (Å²) in [5, 5.41) is 8.45. The van der Waals surface area contributed by atoms with Gasteiger partial charge in [-0.3, -0.25) is 5.10 Å². The molecule has 1 aromatic heterocycles. The van der Waals surface area contributed by atoms with Crippen LogP contribution in [0.15, 0.2) is 54.7 Å². The van der Waals surface area contributed by atoms with Crippen molar-refractivity contribution in [2.75, 3.05) is 0 Å². The molecule has 0 amide bonds. The lowest BCUT2D eigenvalue weighted by atomic mass is 9.88. The summed E-state index contributed by atoms with van der Waals surface area (Å²) < 4.78 is 0. The number of aromatic amines is 1. The Morgan fingerprint density at radius 2 is 1.89 bits per heavy atom. The van der Waals surface area contributed by atoms with Gasteiger partial charge < -0.3 is 0 Å². The molecule has 0 fully saturated rings. The van der Waals surface area contributed by atoms with E-state index in [0.29, 0.717) is 5.92 Å². The summed E-state index contributed by atoms with van der Waals surface area (Å²) in [6.07, 6.45) is 2.97. The molecule has 1 N–H and O–H groups in total. The number of aromatic nitrogens is 2. The average Bonchev–Trinajstić information content (AvgIpc) is 2.90. The summed E-state index contributed by atoms with van der Waals surface area (Å²) in [5.74, 6) is 0.426. The maximum atomic E-state index is 4.15. The summed E-state index contributed by atoms with van der Waals surface area (Å²) in [7, 11) is 0. The number of hydrogen-bond acceptors (Lipinski definition) is 1. The van der Waals surface area contributed by atoms with Crippen molar-refractivity contribution in [3.8, 4) is 0 Å². The summed E-state index contributed by atoms with van der Waals surface area (Å²) in [6, 6.07) is 17.1. The van der Waals surface area contributed by atoms with Gasteiger partial charge in [0.25, 0.3) is 0 Å². The number of fused-ring (bicyclic) bond motifs is 1. The van der Waals surface area contributed by atoms with E-state index in [2.05, 4.69) is 65.7 Å². The molecule has 0 spiro atoms. The molecule has 1 heterocycles. The highest BCUT2D eigenvalue weighted by atomic mass is 15.1. The Kier molecular flexibility index (Phi) is 2.85. The Bertz CT molecular complexity index is 640. The molecule has 0 bridgehead atoms. The molecule has 0 saturated carbocycles. The minimum Gasteiger partial charge on any atom is -0.278 e. The monoisotopic (exact) mass is 236 g/mol. The first kappa shape index (κ1) is 11.0. The first-order chi connectivity index (χ1) is 8.90. The van der Waals surface area contributed by atoms with Gasteiger partial charge in [0.1, 0.15) is 0 Å². The van der Waals surface area contributed by atoms with E-state index in [-0.39, 0.29) is 0 Å². The van der Waals surface area contributed by atoms with Crippen molar-refractivity contribution in [2.24, 2.45) is 0 Å². The zero-order valence-electron chi connectivity index (χ0n) is 10.4. The van der Waals surface area contributed by atoms with Crippen LogP contribution in [0.25, 0.3) is 10.9 Å². The Morgan fingerprint density at radius 1 is 1.06 bits per heavy atom. The molecular weight excluding hydrogens is 220 g/mol. The van der Waals surface area contributed by atoms with Gasteiger partial charge in [0.05, 0.1) is 11.7 Å². The summed E-state index contributed by atoms with van der Waals surface area (Å²) in [4.78, 5) is 0. The van der Waals surface area contributed by atoms with Gasteiger partial charge in [-0.15, -0.1) is 0 Å². The second kappa shape index (κ2) is 4.65. The molecular formula is C16H16N2. The molecule has 0 aliphatic rings. The van der Waals surface area contributed by atoms with E-state index in [9.17, 15) is 0 Å². The quantitative estimate of drug-likeness (QED) is 0.728. The van der Waals surface area contributed by atoms with Gasteiger partial charge in [0, 0.05) is 11.3 Å². The Morgan fingerprint density at radius 3 is 2.67 bits per heavy atom. The van der Waals surface area contributed by atoms with Crippen LogP contribution in [-0.4, -0.2) is 10.2 Å². The van der Waals surface area contributed by atoms with Crippen molar-refractivity contribution in [1.29, 1.82) is 0 Å². The molecule has 0 saturated heterocycles. The number of benzene rings is 2. The van der Waals surface area contributed by atoms with Crippen LogP contribution in [-0.2, 0) is 0 Å². The highest BCUT2D eigenvalue weighted by Crippen LogP contribution is 2.31. The summed E-state index contributed by atoms with van der Waals surface area (Å²) in [6.45, 7) is 2.23. The van der Waals surface area contributed by atoms with Gasteiger partial charge >= 0.3 is 0 Å². The van der Waals surface area contributed by atoms with Crippen molar-refractivity contribution in [1.82, 2.24) is 10.2 Å². The van der Waals surface area contributed by atoms with Crippen molar-refractivity contribution in [3.05, 3.63) is 65.9 Å². The smallest absolute Gasteiger partial charge is 0.0688 e. The lowest BCUT2D eigenvalue weighted by molar-refractivity contribution is 0.781. The zero-order chi connectivity index (χ0) is 12.4. The number of H-pyrrole nitrogens is 1. The number of hydrogen-bond donors (Lipinski definition) is 1. The third kappa shape index (κ3) is 1.80. The summed E-state index contributed by atoms with van der Waals surface area (Å²) >= 11 is 0. The van der Waals surface area contributed by atoms with Crippen molar-refractivity contribution < 1.29 is 0 Å². The normalized spacial score (nSPS) is 12.7. The molecule has 2 heteroatoms. The van der Waals surface area contributed by atoms with Gasteiger partial charge in [0.2, 0.25) is 0 Å². The third-order valence-corrected chi connectivity index (χ3v) is 3.49. The number of rotatable bonds is 3. The number of nitrogens with zero attached hydrogens (tertiary/aromatic N) is 1. The van der Waals surface area contributed by atoms with Crippen LogP contribution in [0, 0.1) is 0 Å². The van der Waals surface area contributed by atoms with Crippen molar-refractivity contribution in [2.45, 2.75) is 19.3 Å². The molecule has 2 nitrogen and oxygen atoms in total. The van der Waals surface area contributed by atoms with E-state index in [0.717, 1.165) is 11.9 Å². The van der Waals surface area contributed by atoms with Crippen LogP contribution in [0.1, 0.15) is 30.4 Å². The molecule has 1 atom stereocenters. The Hall–Kier alpha value is -2.09. The van der Waals surface area contributed by atoms with E-state index in [4.69, 9.17) is 0 Å². The fourth-order valence-electron chi connectivity index (χ4n) is 2.60. The maximum absolute atomic E-state index is 4.15. The third-order valence-electron chi connectivity index (χ3n) is 3.49. The topological polar surface area (TPSA) is 28.7 Å². The molecule has 3 rings (SSSR count).